The summed E-state index contributed by atoms with van der Waals surface area (Å²) in [5, 5.41) is 5.40. The minimum absolute atomic E-state index is 0.000168. The van der Waals surface area contributed by atoms with Crippen LogP contribution in [0.4, 0.5) is 5.69 Å². The molecule has 26 heavy (non-hydrogen) atoms. The SMILES string of the molecule is O=C1Nc2ccccc2[C@@]1(c1ccccc1)c1ccc2ccccc2c1. The van der Waals surface area contributed by atoms with Gasteiger partial charge in [-0.05, 0) is 34.0 Å². The van der Waals surface area contributed by atoms with Crippen LogP contribution in [0.5, 0.6) is 0 Å². The van der Waals surface area contributed by atoms with Crippen LogP contribution in [0.1, 0.15) is 16.7 Å². The highest BCUT2D eigenvalue weighted by Gasteiger charge is 2.49. The molecule has 1 heterocycles. The van der Waals surface area contributed by atoms with Gasteiger partial charge in [0.1, 0.15) is 5.41 Å². The van der Waals surface area contributed by atoms with Crippen molar-refractivity contribution in [2.45, 2.75) is 5.41 Å². The summed E-state index contributed by atoms with van der Waals surface area (Å²) in [6.45, 7) is 0. The molecule has 0 unspecified atom stereocenters. The van der Waals surface area contributed by atoms with E-state index in [1.54, 1.807) is 0 Å². The number of benzene rings is 4. The van der Waals surface area contributed by atoms with Gasteiger partial charge in [-0.15, -0.1) is 0 Å². The summed E-state index contributed by atoms with van der Waals surface area (Å²) < 4.78 is 0. The fourth-order valence-electron chi connectivity index (χ4n) is 4.11. The third-order valence-electron chi connectivity index (χ3n) is 5.31. The van der Waals surface area contributed by atoms with E-state index in [4.69, 9.17) is 0 Å². The molecule has 1 aliphatic rings. The number of carbonyl (C=O) groups excluding carboxylic acids is 1. The number of nitrogens with one attached hydrogen (secondary N) is 1. The first-order valence-corrected chi connectivity index (χ1v) is 8.76. The molecule has 1 amide bonds. The van der Waals surface area contributed by atoms with Crippen molar-refractivity contribution in [1.82, 2.24) is 0 Å². The van der Waals surface area contributed by atoms with Crippen molar-refractivity contribution in [2.24, 2.45) is 0 Å². The van der Waals surface area contributed by atoms with Gasteiger partial charge in [-0.2, -0.15) is 0 Å². The molecular weight excluding hydrogens is 318 g/mol. The molecule has 0 spiro atoms. The topological polar surface area (TPSA) is 29.1 Å². The van der Waals surface area contributed by atoms with Crippen LogP contribution in [-0.2, 0) is 10.2 Å². The van der Waals surface area contributed by atoms with Gasteiger partial charge < -0.3 is 5.32 Å². The Kier molecular flexibility index (Phi) is 3.19. The zero-order valence-electron chi connectivity index (χ0n) is 14.1. The van der Waals surface area contributed by atoms with Gasteiger partial charge in [0.05, 0.1) is 0 Å². The van der Waals surface area contributed by atoms with E-state index in [2.05, 4.69) is 41.7 Å². The molecule has 2 nitrogen and oxygen atoms in total. The molecule has 1 aliphatic heterocycles. The average molecular weight is 335 g/mol. The first-order valence-electron chi connectivity index (χ1n) is 8.76. The second-order valence-corrected chi connectivity index (χ2v) is 6.68. The normalized spacial score (nSPS) is 18.5. The number of carbonyl (C=O) groups is 1. The summed E-state index contributed by atoms with van der Waals surface area (Å²) in [4.78, 5) is 13.4. The van der Waals surface area contributed by atoms with Crippen LogP contribution < -0.4 is 5.32 Å². The lowest BCUT2D eigenvalue weighted by Gasteiger charge is -2.29. The molecule has 2 heteroatoms. The Morgan fingerprint density at radius 3 is 2.15 bits per heavy atom. The van der Waals surface area contributed by atoms with Gasteiger partial charge >= 0.3 is 0 Å². The molecule has 0 fully saturated rings. The largest absolute Gasteiger partial charge is 0.324 e. The van der Waals surface area contributed by atoms with E-state index in [1.807, 2.05) is 60.7 Å². The van der Waals surface area contributed by atoms with Crippen molar-refractivity contribution >= 4 is 22.4 Å². The molecular formula is C24H17NO. The number of para-hydroxylation sites is 1. The van der Waals surface area contributed by atoms with Crippen LogP contribution in [-0.4, -0.2) is 5.91 Å². The van der Waals surface area contributed by atoms with Crippen LogP contribution in [0.15, 0.2) is 97.1 Å². The molecule has 0 bridgehead atoms. The van der Waals surface area contributed by atoms with E-state index < -0.39 is 5.41 Å². The fraction of sp³-hybridized carbons (Fsp3) is 0.0417. The first-order chi connectivity index (χ1) is 12.8. The smallest absolute Gasteiger partial charge is 0.244 e. The highest BCUT2D eigenvalue weighted by molar-refractivity contribution is 6.11. The van der Waals surface area contributed by atoms with Crippen molar-refractivity contribution in [2.75, 3.05) is 5.32 Å². The minimum atomic E-state index is -0.831. The molecule has 1 atom stereocenters. The maximum absolute atomic E-state index is 13.4. The Labute approximate surface area is 152 Å². The van der Waals surface area contributed by atoms with Gasteiger partial charge in [0.15, 0.2) is 0 Å². The van der Waals surface area contributed by atoms with E-state index in [1.165, 1.54) is 5.39 Å². The molecule has 4 aromatic carbocycles. The predicted octanol–water partition coefficient (Wildman–Crippen LogP) is 5.13. The summed E-state index contributed by atoms with van der Waals surface area (Å²) in [7, 11) is 0. The molecule has 0 aliphatic carbocycles. The zero-order chi connectivity index (χ0) is 17.6. The molecule has 4 aromatic rings. The van der Waals surface area contributed by atoms with E-state index in [-0.39, 0.29) is 5.91 Å². The Balaban J connectivity index is 1.87. The quantitative estimate of drug-likeness (QED) is 0.541. The van der Waals surface area contributed by atoms with Crippen molar-refractivity contribution in [3.05, 3.63) is 114 Å². The monoisotopic (exact) mass is 335 g/mol. The van der Waals surface area contributed by atoms with Gasteiger partial charge in [0, 0.05) is 11.3 Å². The molecule has 124 valence electrons. The lowest BCUT2D eigenvalue weighted by molar-refractivity contribution is -0.118. The minimum Gasteiger partial charge on any atom is -0.324 e. The maximum Gasteiger partial charge on any atom is 0.244 e. The van der Waals surface area contributed by atoms with Crippen LogP contribution >= 0.6 is 0 Å². The standard InChI is InChI=1S/C24H17NO/c26-23-24(19-10-2-1-3-11-19,21-12-6-7-13-22(21)25-23)20-15-14-17-8-4-5-9-18(17)16-20/h1-16H,(H,25,26)/t24-/m1/s1. The highest BCUT2D eigenvalue weighted by Crippen LogP contribution is 2.47. The van der Waals surface area contributed by atoms with Crippen LogP contribution in [0, 0.1) is 0 Å². The van der Waals surface area contributed by atoms with E-state index in [9.17, 15) is 4.79 Å². The number of anilines is 1. The Morgan fingerprint density at radius 2 is 1.31 bits per heavy atom. The molecule has 5 rings (SSSR count). The van der Waals surface area contributed by atoms with E-state index in [0.29, 0.717) is 0 Å². The second kappa shape index (κ2) is 5.57. The van der Waals surface area contributed by atoms with Crippen molar-refractivity contribution < 1.29 is 4.79 Å². The molecule has 1 N–H and O–H groups in total. The summed E-state index contributed by atoms with van der Waals surface area (Å²) in [6, 6.07) is 32.6. The predicted molar refractivity (Wildman–Crippen MR) is 105 cm³/mol. The van der Waals surface area contributed by atoms with Crippen molar-refractivity contribution in [3.8, 4) is 0 Å². The lowest BCUT2D eigenvalue weighted by atomic mass is 9.70. The van der Waals surface area contributed by atoms with Gasteiger partial charge in [0.2, 0.25) is 5.91 Å². The van der Waals surface area contributed by atoms with Gasteiger partial charge in [0.25, 0.3) is 0 Å². The zero-order valence-corrected chi connectivity index (χ0v) is 14.1. The number of hydrogen-bond donors (Lipinski definition) is 1. The highest BCUT2D eigenvalue weighted by atomic mass is 16.2. The molecule has 0 radical (unpaired) electrons. The van der Waals surface area contributed by atoms with Gasteiger partial charge in [-0.1, -0.05) is 84.9 Å². The van der Waals surface area contributed by atoms with Gasteiger partial charge in [-0.25, -0.2) is 0 Å². The fourth-order valence-corrected chi connectivity index (χ4v) is 4.11. The number of fused-ring (bicyclic) bond motifs is 2. The maximum atomic E-state index is 13.4. The Hall–Kier alpha value is -3.39. The van der Waals surface area contributed by atoms with Gasteiger partial charge in [-0.3, -0.25) is 4.79 Å². The van der Waals surface area contributed by atoms with E-state index in [0.717, 1.165) is 27.8 Å². The molecule has 0 saturated heterocycles. The van der Waals surface area contributed by atoms with Crippen LogP contribution in [0.25, 0.3) is 10.8 Å². The number of hydrogen-bond acceptors (Lipinski definition) is 1. The van der Waals surface area contributed by atoms with Crippen molar-refractivity contribution in [3.63, 3.8) is 0 Å². The lowest BCUT2D eigenvalue weighted by Crippen LogP contribution is -2.36. The van der Waals surface area contributed by atoms with Crippen LogP contribution in [0.3, 0.4) is 0 Å². The summed E-state index contributed by atoms with van der Waals surface area (Å²) >= 11 is 0. The summed E-state index contributed by atoms with van der Waals surface area (Å²) in [5.41, 5.74) is 3.03. The Bertz CT molecular complexity index is 1130. The molecule has 0 aromatic heterocycles. The molecule has 0 saturated carbocycles. The van der Waals surface area contributed by atoms with Crippen LogP contribution in [0.2, 0.25) is 0 Å². The second-order valence-electron chi connectivity index (χ2n) is 6.68. The third-order valence-corrected chi connectivity index (χ3v) is 5.31. The summed E-state index contributed by atoms with van der Waals surface area (Å²) in [5.74, 6) is 0.000168. The van der Waals surface area contributed by atoms with Crippen molar-refractivity contribution in [1.29, 1.82) is 0 Å². The average Bonchev–Trinajstić information content (AvgIpc) is 3.01. The third kappa shape index (κ3) is 1.96. The van der Waals surface area contributed by atoms with E-state index >= 15 is 0 Å². The summed E-state index contributed by atoms with van der Waals surface area (Å²) in [6.07, 6.45) is 0. The number of rotatable bonds is 2. The first kappa shape index (κ1) is 14.9. The Morgan fingerprint density at radius 1 is 0.615 bits per heavy atom. The number of amides is 1.